The third-order valence-electron chi connectivity index (χ3n) is 3.09. The summed E-state index contributed by atoms with van der Waals surface area (Å²) >= 11 is 0. The first-order valence-electron chi connectivity index (χ1n) is 7.78. The van der Waals surface area contributed by atoms with Gasteiger partial charge in [-0.3, -0.25) is 10.1 Å². The summed E-state index contributed by atoms with van der Waals surface area (Å²) in [5, 5.41) is 15.4. The molecule has 0 unspecified atom stereocenters. The molecule has 0 bridgehead atoms. The Hall–Kier alpha value is -3.56. The Morgan fingerprint density at radius 3 is 2.58 bits per heavy atom. The number of carbonyl (C=O) groups excluding carboxylic acids is 3. The highest BCUT2D eigenvalue weighted by Gasteiger charge is 2.19. The van der Waals surface area contributed by atoms with Gasteiger partial charge in [0.25, 0.3) is 5.91 Å². The van der Waals surface area contributed by atoms with Gasteiger partial charge in [0, 0.05) is 6.54 Å². The van der Waals surface area contributed by atoms with Crippen LogP contribution in [0.1, 0.15) is 18.3 Å². The molecule has 10 heteroatoms. The first kappa shape index (κ1) is 18.8. The Morgan fingerprint density at radius 1 is 1.23 bits per heavy atom. The zero-order valence-electron chi connectivity index (χ0n) is 14.3. The highest BCUT2D eigenvalue weighted by atomic mass is 16.5. The lowest BCUT2D eigenvalue weighted by atomic mass is 10.2. The first-order valence-corrected chi connectivity index (χ1v) is 7.78. The molecule has 26 heavy (non-hydrogen) atoms. The molecule has 1 aromatic heterocycles. The van der Waals surface area contributed by atoms with Crippen molar-refractivity contribution in [3.05, 3.63) is 41.7 Å². The number of aryl methyl sites for hydroxylation is 1. The first-order chi connectivity index (χ1) is 12.5. The number of benzene rings is 1. The molecule has 2 aromatic rings. The topological polar surface area (TPSA) is 128 Å². The standard InChI is InChI=1S/C16H18N6O4/c1-3-17-16(25)18-14(23)10-26-15(24)13(22-11(2)19-20-21-22)9-12-7-5-4-6-8-12/h4-9H,3,10H2,1-2H3,(H2,17,18,23,25)/b13-9-. The van der Waals surface area contributed by atoms with Gasteiger partial charge in [-0.2, -0.15) is 4.68 Å². The molecular weight excluding hydrogens is 340 g/mol. The van der Waals surface area contributed by atoms with E-state index >= 15 is 0 Å². The summed E-state index contributed by atoms with van der Waals surface area (Å²) < 4.78 is 6.19. The van der Waals surface area contributed by atoms with Crippen LogP contribution in [0.15, 0.2) is 30.3 Å². The molecule has 0 saturated heterocycles. The van der Waals surface area contributed by atoms with Gasteiger partial charge < -0.3 is 10.1 Å². The van der Waals surface area contributed by atoms with E-state index in [2.05, 4.69) is 20.8 Å². The molecule has 0 fully saturated rings. The predicted molar refractivity (Wildman–Crippen MR) is 91.3 cm³/mol. The van der Waals surface area contributed by atoms with E-state index in [0.29, 0.717) is 12.4 Å². The van der Waals surface area contributed by atoms with Gasteiger partial charge in [-0.1, -0.05) is 30.3 Å². The van der Waals surface area contributed by atoms with Crippen LogP contribution in [-0.2, 0) is 14.3 Å². The van der Waals surface area contributed by atoms with Crippen molar-refractivity contribution in [3.8, 4) is 0 Å². The molecule has 1 heterocycles. The average Bonchev–Trinajstić information content (AvgIpc) is 3.04. The summed E-state index contributed by atoms with van der Waals surface area (Å²) in [5.41, 5.74) is 0.755. The monoisotopic (exact) mass is 358 g/mol. The van der Waals surface area contributed by atoms with Crippen LogP contribution < -0.4 is 10.6 Å². The molecule has 136 valence electrons. The highest BCUT2D eigenvalue weighted by Crippen LogP contribution is 2.13. The molecule has 0 spiro atoms. The van der Waals surface area contributed by atoms with E-state index in [9.17, 15) is 14.4 Å². The summed E-state index contributed by atoms with van der Waals surface area (Å²) in [6, 6.07) is 8.36. The van der Waals surface area contributed by atoms with Crippen molar-refractivity contribution < 1.29 is 19.1 Å². The number of urea groups is 1. The van der Waals surface area contributed by atoms with Gasteiger partial charge in [0.2, 0.25) is 0 Å². The van der Waals surface area contributed by atoms with Gasteiger partial charge in [-0.25, -0.2) is 9.59 Å². The molecule has 0 aliphatic heterocycles. The zero-order valence-corrected chi connectivity index (χ0v) is 14.3. The Labute approximate surface area is 149 Å². The second-order valence-corrected chi connectivity index (χ2v) is 5.06. The largest absolute Gasteiger partial charge is 0.451 e. The van der Waals surface area contributed by atoms with E-state index in [1.165, 1.54) is 10.8 Å². The van der Waals surface area contributed by atoms with Gasteiger partial charge in [-0.15, -0.1) is 5.10 Å². The molecule has 2 N–H and O–H groups in total. The van der Waals surface area contributed by atoms with Gasteiger partial charge in [0.1, 0.15) is 0 Å². The van der Waals surface area contributed by atoms with E-state index in [-0.39, 0.29) is 5.70 Å². The van der Waals surface area contributed by atoms with Crippen molar-refractivity contribution in [2.45, 2.75) is 13.8 Å². The fourth-order valence-electron chi connectivity index (χ4n) is 1.94. The van der Waals surface area contributed by atoms with Crippen molar-refractivity contribution in [2.75, 3.05) is 13.2 Å². The Bertz CT molecular complexity index is 815. The lowest BCUT2D eigenvalue weighted by Gasteiger charge is -2.09. The predicted octanol–water partition coefficient (Wildman–Crippen LogP) is 0.369. The number of nitrogens with one attached hydrogen (secondary N) is 2. The fraction of sp³-hybridized carbons (Fsp3) is 0.250. The SMILES string of the molecule is CCNC(=O)NC(=O)COC(=O)/C(=C/c1ccccc1)n1nnnc1C. The Kier molecular flexibility index (Phi) is 6.54. The molecular formula is C16H18N6O4. The van der Waals surface area contributed by atoms with Crippen LogP contribution in [0.25, 0.3) is 11.8 Å². The molecule has 0 saturated carbocycles. The Balaban J connectivity index is 2.12. The Morgan fingerprint density at radius 2 is 1.96 bits per heavy atom. The smallest absolute Gasteiger partial charge is 0.357 e. The van der Waals surface area contributed by atoms with E-state index in [1.54, 1.807) is 38.1 Å². The van der Waals surface area contributed by atoms with Crippen molar-refractivity contribution in [1.29, 1.82) is 0 Å². The van der Waals surface area contributed by atoms with Crippen LogP contribution in [0.5, 0.6) is 0 Å². The summed E-state index contributed by atoms with van der Waals surface area (Å²) in [6.07, 6.45) is 1.54. The zero-order chi connectivity index (χ0) is 18.9. The highest BCUT2D eigenvalue weighted by molar-refractivity contribution is 6.15. The average molecular weight is 358 g/mol. The van der Waals surface area contributed by atoms with Crippen molar-refractivity contribution >= 4 is 29.7 Å². The minimum absolute atomic E-state index is 0.0320. The van der Waals surface area contributed by atoms with Crippen LogP contribution in [0.3, 0.4) is 0 Å². The molecule has 0 radical (unpaired) electrons. The lowest BCUT2D eigenvalue weighted by molar-refractivity contribution is -0.142. The normalized spacial score (nSPS) is 10.9. The van der Waals surface area contributed by atoms with Crippen LogP contribution in [0, 0.1) is 6.92 Å². The molecule has 0 atom stereocenters. The van der Waals surface area contributed by atoms with Gasteiger partial charge in [0.05, 0.1) is 0 Å². The summed E-state index contributed by atoms with van der Waals surface area (Å²) in [4.78, 5) is 35.4. The van der Waals surface area contributed by atoms with Gasteiger partial charge in [0.15, 0.2) is 18.1 Å². The van der Waals surface area contributed by atoms with Crippen molar-refractivity contribution in [1.82, 2.24) is 30.8 Å². The number of esters is 1. The molecule has 0 aliphatic carbocycles. The maximum atomic E-state index is 12.4. The van der Waals surface area contributed by atoms with Crippen molar-refractivity contribution in [3.63, 3.8) is 0 Å². The number of nitrogens with zero attached hydrogens (tertiary/aromatic N) is 4. The van der Waals surface area contributed by atoms with E-state index < -0.39 is 24.5 Å². The van der Waals surface area contributed by atoms with E-state index in [4.69, 9.17) is 4.74 Å². The summed E-state index contributed by atoms with van der Waals surface area (Å²) in [6.45, 7) is 3.07. The summed E-state index contributed by atoms with van der Waals surface area (Å²) in [7, 11) is 0. The number of aromatic nitrogens is 4. The second kappa shape index (κ2) is 9.06. The van der Waals surface area contributed by atoms with E-state index in [0.717, 1.165) is 5.56 Å². The number of carbonyl (C=O) groups is 3. The van der Waals surface area contributed by atoms with Crippen LogP contribution in [0.4, 0.5) is 4.79 Å². The number of ether oxygens (including phenoxy) is 1. The minimum Gasteiger partial charge on any atom is -0.451 e. The quantitative estimate of drug-likeness (QED) is 0.564. The fourth-order valence-corrected chi connectivity index (χ4v) is 1.94. The minimum atomic E-state index is -0.810. The molecule has 3 amide bonds. The summed E-state index contributed by atoms with van der Waals surface area (Å²) in [5.74, 6) is -1.19. The molecule has 10 nitrogen and oxygen atoms in total. The van der Waals surface area contributed by atoms with Crippen LogP contribution in [0.2, 0.25) is 0 Å². The molecule has 2 rings (SSSR count). The van der Waals surface area contributed by atoms with Gasteiger partial charge >= 0.3 is 12.0 Å². The number of tetrazole rings is 1. The number of hydrogen-bond donors (Lipinski definition) is 2. The maximum Gasteiger partial charge on any atom is 0.357 e. The second-order valence-electron chi connectivity index (χ2n) is 5.06. The van der Waals surface area contributed by atoms with Crippen LogP contribution in [-0.4, -0.2) is 51.3 Å². The third kappa shape index (κ3) is 5.23. The molecule has 1 aromatic carbocycles. The van der Waals surface area contributed by atoms with E-state index in [1.807, 2.05) is 11.4 Å². The maximum absolute atomic E-state index is 12.4. The third-order valence-corrected chi connectivity index (χ3v) is 3.09. The van der Waals surface area contributed by atoms with Crippen molar-refractivity contribution in [2.24, 2.45) is 0 Å². The number of amides is 3. The number of imide groups is 1. The number of rotatable bonds is 6. The van der Waals surface area contributed by atoms with Gasteiger partial charge in [-0.05, 0) is 35.9 Å². The van der Waals surface area contributed by atoms with Crippen LogP contribution >= 0.6 is 0 Å². The number of hydrogen-bond acceptors (Lipinski definition) is 7. The molecule has 0 aliphatic rings. The lowest BCUT2D eigenvalue weighted by Crippen LogP contribution is -2.41.